The minimum atomic E-state index is -0.0710. The maximum Gasteiger partial charge on any atom is 0.231 e. The van der Waals surface area contributed by atoms with Gasteiger partial charge in [0.05, 0.1) is 6.54 Å². The summed E-state index contributed by atoms with van der Waals surface area (Å²) < 4.78 is 16.8. The molecule has 2 aromatic carbocycles. The quantitative estimate of drug-likeness (QED) is 0.379. The molecule has 1 aromatic heterocycles. The monoisotopic (exact) mass is 448 g/mol. The molecule has 0 amide bonds. The zero-order valence-corrected chi connectivity index (χ0v) is 19.2. The van der Waals surface area contributed by atoms with Gasteiger partial charge in [0.15, 0.2) is 17.5 Å². The molecule has 7 heteroatoms. The molecule has 0 unspecified atom stereocenters. The molecule has 5 rings (SSSR count). The van der Waals surface area contributed by atoms with Gasteiger partial charge in [-0.25, -0.2) is 0 Å². The van der Waals surface area contributed by atoms with Crippen LogP contribution in [0.1, 0.15) is 30.9 Å². The van der Waals surface area contributed by atoms with Gasteiger partial charge in [-0.05, 0) is 55.5 Å². The van der Waals surface area contributed by atoms with Crippen LogP contribution >= 0.6 is 0 Å². The maximum absolute atomic E-state index is 5.70. The van der Waals surface area contributed by atoms with E-state index in [1.807, 2.05) is 6.07 Å². The molecule has 2 aliphatic heterocycles. The van der Waals surface area contributed by atoms with Gasteiger partial charge in [-0.3, -0.25) is 4.99 Å². The predicted molar refractivity (Wildman–Crippen MR) is 130 cm³/mol. The van der Waals surface area contributed by atoms with E-state index in [1.54, 1.807) is 0 Å². The number of nitrogens with one attached hydrogen (secondary N) is 3. The summed E-state index contributed by atoms with van der Waals surface area (Å²) in [6.45, 7) is 6.20. The van der Waals surface area contributed by atoms with Crippen molar-refractivity contribution in [2.75, 3.05) is 39.6 Å². The summed E-state index contributed by atoms with van der Waals surface area (Å²) in [5.41, 5.74) is 3.67. The number of H-pyrrole nitrogens is 1. The first kappa shape index (κ1) is 21.6. The molecule has 0 spiro atoms. The summed E-state index contributed by atoms with van der Waals surface area (Å²) in [6.07, 6.45) is 4.90. The average Bonchev–Trinajstić information content (AvgIpc) is 3.50. The molecule has 2 aliphatic rings. The fraction of sp³-hybridized carbons (Fsp3) is 0.423. The van der Waals surface area contributed by atoms with Crippen LogP contribution < -0.4 is 20.1 Å². The fourth-order valence-corrected chi connectivity index (χ4v) is 4.75. The Balaban J connectivity index is 1.29. The Bertz CT molecular complexity index is 1120. The highest BCUT2D eigenvalue weighted by molar-refractivity contribution is 5.83. The molecule has 3 aromatic rings. The number of hydrogen-bond donors (Lipinski definition) is 3. The standard InChI is InChI=1S/C26H32N4O3/c1-2-27-25(28-12-9-19-16-29-22-6-4-3-5-21(19)22)30-17-26(10-13-31-14-11-26)20-7-8-23-24(15-20)33-18-32-23/h3-8,15-16,29H,2,9-14,17-18H2,1H3,(H2,27,28,30). The number of benzene rings is 2. The SMILES string of the molecule is CCNC(=NCC1(c2ccc3c(c2)OCO3)CCOCC1)NCCc1c[nH]c2ccccc12. The Kier molecular flexibility index (Phi) is 6.39. The second-order valence-corrected chi connectivity index (χ2v) is 8.69. The summed E-state index contributed by atoms with van der Waals surface area (Å²) in [6, 6.07) is 14.7. The summed E-state index contributed by atoms with van der Waals surface area (Å²) in [5, 5.41) is 8.21. The lowest BCUT2D eigenvalue weighted by Crippen LogP contribution is -2.41. The molecule has 1 fully saturated rings. The lowest BCUT2D eigenvalue weighted by Gasteiger charge is -2.36. The van der Waals surface area contributed by atoms with E-state index >= 15 is 0 Å². The lowest BCUT2D eigenvalue weighted by molar-refractivity contribution is 0.0530. The Labute approximate surface area is 194 Å². The van der Waals surface area contributed by atoms with Crippen LogP contribution in [-0.2, 0) is 16.6 Å². The van der Waals surface area contributed by atoms with Crippen molar-refractivity contribution in [1.82, 2.24) is 15.6 Å². The molecule has 0 aliphatic carbocycles. The van der Waals surface area contributed by atoms with Crippen LogP contribution in [0.4, 0.5) is 0 Å². The minimum absolute atomic E-state index is 0.0710. The van der Waals surface area contributed by atoms with Crippen LogP contribution in [0.25, 0.3) is 10.9 Å². The van der Waals surface area contributed by atoms with E-state index < -0.39 is 0 Å². The molecule has 0 atom stereocenters. The number of nitrogens with zero attached hydrogens (tertiary/aromatic N) is 1. The minimum Gasteiger partial charge on any atom is -0.454 e. The topological polar surface area (TPSA) is 79.9 Å². The highest BCUT2D eigenvalue weighted by Crippen LogP contribution is 2.41. The number of ether oxygens (including phenoxy) is 3. The highest BCUT2D eigenvalue weighted by atomic mass is 16.7. The number of guanidine groups is 1. The van der Waals surface area contributed by atoms with Crippen molar-refractivity contribution >= 4 is 16.9 Å². The summed E-state index contributed by atoms with van der Waals surface area (Å²) in [4.78, 5) is 8.38. The van der Waals surface area contributed by atoms with Gasteiger partial charge in [-0.1, -0.05) is 24.3 Å². The Hall–Kier alpha value is -3.19. The number of para-hydroxylation sites is 1. The van der Waals surface area contributed by atoms with Crippen LogP contribution in [0.2, 0.25) is 0 Å². The molecular weight excluding hydrogens is 416 g/mol. The number of fused-ring (bicyclic) bond motifs is 2. The molecular formula is C26H32N4O3. The zero-order valence-electron chi connectivity index (χ0n) is 19.2. The zero-order chi connectivity index (χ0) is 22.5. The average molecular weight is 449 g/mol. The summed E-state index contributed by atoms with van der Waals surface area (Å²) in [7, 11) is 0. The van der Waals surface area contributed by atoms with Crippen molar-refractivity contribution in [3.05, 3.63) is 59.8 Å². The molecule has 3 heterocycles. The molecule has 0 radical (unpaired) electrons. The van der Waals surface area contributed by atoms with Crippen molar-refractivity contribution in [3.63, 3.8) is 0 Å². The van der Waals surface area contributed by atoms with Crippen molar-refractivity contribution in [2.45, 2.75) is 31.6 Å². The molecule has 174 valence electrons. The molecule has 3 N–H and O–H groups in total. The second-order valence-electron chi connectivity index (χ2n) is 8.69. The van der Waals surface area contributed by atoms with Gasteiger partial charge in [0.25, 0.3) is 0 Å². The summed E-state index contributed by atoms with van der Waals surface area (Å²) >= 11 is 0. The summed E-state index contributed by atoms with van der Waals surface area (Å²) in [5.74, 6) is 2.49. The normalized spacial score (nSPS) is 17.3. The number of aliphatic imine (C=N–C) groups is 1. The largest absolute Gasteiger partial charge is 0.454 e. The van der Waals surface area contributed by atoms with Gasteiger partial charge < -0.3 is 29.8 Å². The fourth-order valence-electron chi connectivity index (χ4n) is 4.75. The van der Waals surface area contributed by atoms with Crippen LogP contribution in [0, 0.1) is 0 Å². The Morgan fingerprint density at radius 1 is 1.06 bits per heavy atom. The second kappa shape index (κ2) is 9.75. The third kappa shape index (κ3) is 4.64. The first-order valence-corrected chi connectivity index (χ1v) is 11.8. The van der Waals surface area contributed by atoms with Gasteiger partial charge in [-0.2, -0.15) is 0 Å². The molecule has 0 saturated carbocycles. The van der Waals surface area contributed by atoms with Crippen LogP contribution in [0.5, 0.6) is 11.5 Å². The predicted octanol–water partition coefficient (Wildman–Crippen LogP) is 3.74. The van der Waals surface area contributed by atoms with E-state index in [0.29, 0.717) is 6.54 Å². The van der Waals surface area contributed by atoms with Crippen LogP contribution in [-0.4, -0.2) is 50.6 Å². The van der Waals surface area contributed by atoms with Crippen LogP contribution in [0.15, 0.2) is 53.7 Å². The number of rotatable bonds is 7. The third-order valence-electron chi connectivity index (χ3n) is 6.68. The van der Waals surface area contributed by atoms with E-state index in [4.69, 9.17) is 19.2 Å². The maximum atomic E-state index is 5.70. The Morgan fingerprint density at radius 3 is 2.79 bits per heavy atom. The van der Waals surface area contributed by atoms with Gasteiger partial charge in [0.1, 0.15) is 0 Å². The molecule has 7 nitrogen and oxygen atoms in total. The van der Waals surface area contributed by atoms with E-state index in [9.17, 15) is 0 Å². The lowest BCUT2D eigenvalue weighted by atomic mass is 9.74. The van der Waals surface area contributed by atoms with Gasteiger partial charge in [0.2, 0.25) is 6.79 Å². The van der Waals surface area contributed by atoms with E-state index in [0.717, 1.165) is 63.0 Å². The van der Waals surface area contributed by atoms with E-state index in [-0.39, 0.29) is 12.2 Å². The highest BCUT2D eigenvalue weighted by Gasteiger charge is 2.35. The first-order valence-electron chi connectivity index (χ1n) is 11.8. The molecule has 0 bridgehead atoms. The van der Waals surface area contributed by atoms with Gasteiger partial charge in [-0.15, -0.1) is 0 Å². The number of hydrogen-bond acceptors (Lipinski definition) is 4. The molecule has 33 heavy (non-hydrogen) atoms. The van der Waals surface area contributed by atoms with E-state index in [2.05, 4.69) is 65.1 Å². The smallest absolute Gasteiger partial charge is 0.231 e. The first-order chi connectivity index (χ1) is 16.3. The number of aromatic nitrogens is 1. The van der Waals surface area contributed by atoms with Crippen molar-refractivity contribution < 1.29 is 14.2 Å². The van der Waals surface area contributed by atoms with E-state index in [1.165, 1.54) is 22.0 Å². The van der Waals surface area contributed by atoms with Crippen molar-refractivity contribution in [2.24, 2.45) is 4.99 Å². The number of aromatic amines is 1. The van der Waals surface area contributed by atoms with Crippen LogP contribution in [0.3, 0.4) is 0 Å². The van der Waals surface area contributed by atoms with Gasteiger partial charge in [0, 0.05) is 48.8 Å². The Morgan fingerprint density at radius 2 is 1.91 bits per heavy atom. The third-order valence-corrected chi connectivity index (χ3v) is 6.68. The molecule has 1 saturated heterocycles. The van der Waals surface area contributed by atoms with Crippen molar-refractivity contribution in [1.29, 1.82) is 0 Å². The van der Waals surface area contributed by atoms with Gasteiger partial charge >= 0.3 is 0 Å². The van der Waals surface area contributed by atoms with Crippen molar-refractivity contribution in [3.8, 4) is 11.5 Å².